The van der Waals surface area contributed by atoms with Crippen molar-refractivity contribution in [1.29, 1.82) is 0 Å². The molecule has 328 valence electrons. The number of hydrogen-bond acceptors (Lipinski definition) is 8. The molecule has 0 radical (unpaired) electrons. The van der Waals surface area contributed by atoms with Crippen LogP contribution in [0.4, 0.5) is 21.0 Å². The van der Waals surface area contributed by atoms with E-state index >= 15 is 0 Å². The quantitative estimate of drug-likeness (QED) is 0.0910. The second kappa shape index (κ2) is 19.3. The molecule has 2 saturated heterocycles. The Morgan fingerprint density at radius 1 is 0.698 bits per heavy atom. The van der Waals surface area contributed by atoms with E-state index in [0.29, 0.717) is 72.6 Å². The maximum absolute atomic E-state index is 14.1. The molecule has 7 rings (SSSR count). The van der Waals surface area contributed by atoms with E-state index in [2.05, 4.69) is 16.0 Å². The van der Waals surface area contributed by atoms with Gasteiger partial charge in [0.05, 0.1) is 6.10 Å². The largest absolute Gasteiger partial charge is 0.465 e. The molecule has 15 heteroatoms. The summed E-state index contributed by atoms with van der Waals surface area (Å²) < 4.78 is 11.4. The molecule has 4 atom stereocenters. The number of nitrogens with one attached hydrogen (secondary N) is 3. The Morgan fingerprint density at radius 3 is 1.83 bits per heavy atom. The number of benzene rings is 4. The van der Waals surface area contributed by atoms with Crippen molar-refractivity contribution in [2.75, 3.05) is 23.7 Å². The molecule has 3 heterocycles. The van der Waals surface area contributed by atoms with Crippen molar-refractivity contribution in [3.8, 4) is 11.3 Å². The van der Waals surface area contributed by atoms with E-state index in [0.717, 1.165) is 15.8 Å². The summed E-state index contributed by atoms with van der Waals surface area (Å²) in [6.07, 6.45) is -0.217. The molecule has 63 heavy (non-hydrogen) atoms. The summed E-state index contributed by atoms with van der Waals surface area (Å²) in [7, 11) is 0. The van der Waals surface area contributed by atoms with Crippen LogP contribution in [0.1, 0.15) is 76.6 Å². The van der Waals surface area contributed by atoms with Gasteiger partial charge in [0.2, 0.25) is 11.8 Å². The maximum Gasteiger partial charge on any atom is 0.408 e. The van der Waals surface area contributed by atoms with Crippen LogP contribution in [0.25, 0.3) is 22.3 Å². The molecule has 2 aliphatic heterocycles. The molecule has 0 saturated carbocycles. The summed E-state index contributed by atoms with van der Waals surface area (Å²) in [6.45, 7) is 7.55. The summed E-state index contributed by atoms with van der Waals surface area (Å²) in [6, 6.07) is 27.7. The zero-order valence-electron chi connectivity index (χ0n) is 35.7. The summed E-state index contributed by atoms with van der Waals surface area (Å²) in [5.74, 6) is -1.01. The predicted molar refractivity (Wildman–Crippen MR) is 236 cm³/mol. The number of nitrogens with zero attached hydrogens (tertiary/aromatic N) is 3. The predicted octanol–water partition coefficient (Wildman–Crippen LogP) is 7.96. The number of carbonyl (C=O) groups excluding carboxylic acids is 5. The molecular formula is C48H52N6O9. The highest BCUT2D eigenvalue weighted by Crippen LogP contribution is 2.33. The van der Waals surface area contributed by atoms with Crippen molar-refractivity contribution in [1.82, 2.24) is 20.0 Å². The van der Waals surface area contributed by atoms with Crippen LogP contribution in [0, 0.1) is 0 Å². The van der Waals surface area contributed by atoms with Gasteiger partial charge in [0.1, 0.15) is 35.5 Å². The fourth-order valence-electron chi connectivity index (χ4n) is 8.35. The summed E-state index contributed by atoms with van der Waals surface area (Å²) >= 11 is 0. The molecule has 4 aromatic carbocycles. The van der Waals surface area contributed by atoms with Crippen molar-refractivity contribution >= 4 is 58.2 Å². The van der Waals surface area contributed by atoms with Crippen LogP contribution in [0.5, 0.6) is 0 Å². The normalized spacial score (nSPS) is 17.0. The first-order chi connectivity index (χ1) is 30.3. The molecule has 2 fully saturated rings. The number of rotatable bonds is 13. The number of likely N-dealkylation sites (tertiary alicyclic amines) is 2. The number of carbonyl (C=O) groups is 6. The van der Waals surface area contributed by atoms with Crippen molar-refractivity contribution in [3.63, 3.8) is 0 Å². The monoisotopic (exact) mass is 856 g/mol. The molecule has 6 amide bonds. The first kappa shape index (κ1) is 43.9. The zero-order chi connectivity index (χ0) is 44.8. The Hall–Kier alpha value is -7.16. The average molecular weight is 857 g/mol. The fraction of sp³-hybridized carbons (Fsp3) is 0.333. The van der Waals surface area contributed by atoms with Gasteiger partial charge in [-0.2, -0.15) is 0 Å². The number of furan rings is 1. The van der Waals surface area contributed by atoms with E-state index in [-0.39, 0.29) is 17.9 Å². The minimum absolute atomic E-state index is 0.325. The standard InChI is InChI=1S/C48H52N6O9/c1-29(2)54(48(60)61)42(33-15-9-6-10-16-33)46(58)53-26-12-18-38(53)43(55)49-35-21-19-31(20-22-35)40-28-34-27-36(23-24-39(34)63-40)50-44(56)37-17-11-25-52(37)45(57)41(32-13-7-5-8-14-32)51-47(59)62-30(3)4/h5-10,13-16,19-24,27-30,37-38,41-42H,11-12,17-18,25-26H2,1-4H3,(H,49,55)(H,50,56)(H,51,59)(H,60,61)/t37?,38-,41-,42+/m0/s1. The fourth-order valence-corrected chi connectivity index (χ4v) is 8.35. The van der Waals surface area contributed by atoms with Crippen LogP contribution in [0.2, 0.25) is 0 Å². The number of amides is 6. The summed E-state index contributed by atoms with van der Waals surface area (Å²) in [4.78, 5) is 84.6. The van der Waals surface area contributed by atoms with E-state index in [9.17, 15) is 33.9 Å². The van der Waals surface area contributed by atoms with E-state index in [1.165, 1.54) is 9.80 Å². The average Bonchev–Trinajstić information content (AvgIpc) is 4.05. The topological polar surface area (TPSA) is 191 Å². The van der Waals surface area contributed by atoms with E-state index < -0.39 is 54.2 Å². The molecule has 5 aromatic rings. The SMILES string of the molecule is CC(C)OC(=O)N[C@H](C(=O)N1CCCC1C(=O)Nc1ccc2oc(-c3ccc(NC(=O)[C@@H]4CCCN4C(=O)[C@@H](c4ccccc4)N(C(=O)O)C(C)C)cc3)cc2c1)c1ccccc1. The second-order valence-electron chi connectivity index (χ2n) is 16.3. The Morgan fingerprint density at radius 2 is 1.25 bits per heavy atom. The lowest BCUT2D eigenvalue weighted by Crippen LogP contribution is -2.51. The van der Waals surface area contributed by atoms with Gasteiger partial charge < -0.3 is 40.0 Å². The Balaban J connectivity index is 1.00. The molecular weight excluding hydrogens is 805 g/mol. The van der Waals surface area contributed by atoms with E-state index in [4.69, 9.17) is 9.15 Å². The number of anilines is 2. The summed E-state index contributed by atoms with van der Waals surface area (Å²) in [5.41, 5.74) is 3.46. The molecule has 0 spiro atoms. The highest BCUT2D eigenvalue weighted by Gasteiger charge is 2.42. The minimum atomic E-state index is -1.22. The molecule has 15 nitrogen and oxygen atoms in total. The third kappa shape index (κ3) is 9.98. The van der Waals surface area contributed by atoms with E-state index in [1.54, 1.807) is 125 Å². The van der Waals surface area contributed by atoms with Crippen LogP contribution >= 0.6 is 0 Å². The first-order valence-corrected chi connectivity index (χ1v) is 21.2. The Labute approximate surface area is 365 Å². The van der Waals surface area contributed by atoms with Gasteiger partial charge in [-0.25, -0.2) is 9.59 Å². The van der Waals surface area contributed by atoms with Crippen molar-refractivity contribution < 1.29 is 43.0 Å². The molecule has 1 unspecified atom stereocenters. The lowest BCUT2D eigenvalue weighted by molar-refractivity contribution is -0.141. The molecule has 4 N–H and O–H groups in total. The third-order valence-corrected chi connectivity index (χ3v) is 11.3. The van der Waals surface area contributed by atoms with Gasteiger partial charge >= 0.3 is 12.2 Å². The highest BCUT2D eigenvalue weighted by atomic mass is 16.6. The third-order valence-electron chi connectivity index (χ3n) is 11.3. The van der Waals surface area contributed by atoms with Crippen LogP contribution in [-0.4, -0.2) is 92.9 Å². The van der Waals surface area contributed by atoms with Gasteiger partial charge in [-0.1, -0.05) is 60.7 Å². The lowest BCUT2D eigenvalue weighted by Gasteiger charge is -2.36. The molecule has 1 aromatic heterocycles. The lowest BCUT2D eigenvalue weighted by atomic mass is 10.0. The van der Waals surface area contributed by atoms with Gasteiger partial charge in [-0.15, -0.1) is 0 Å². The van der Waals surface area contributed by atoms with Crippen molar-refractivity contribution in [2.24, 2.45) is 0 Å². The van der Waals surface area contributed by atoms with Gasteiger partial charge in [-0.3, -0.25) is 24.1 Å². The number of alkyl carbamates (subject to hydrolysis) is 1. The summed E-state index contributed by atoms with van der Waals surface area (Å²) in [5, 5.41) is 19.4. The maximum atomic E-state index is 14.1. The van der Waals surface area contributed by atoms with Crippen molar-refractivity contribution in [2.45, 2.75) is 89.7 Å². The van der Waals surface area contributed by atoms with Crippen LogP contribution < -0.4 is 16.0 Å². The number of ether oxygens (including phenoxy) is 1. The van der Waals surface area contributed by atoms with Gasteiger partial charge in [0.15, 0.2) is 0 Å². The van der Waals surface area contributed by atoms with Gasteiger partial charge in [-0.05, 0) is 113 Å². The second-order valence-corrected chi connectivity index (χ2v) is 16.3. The van der Waals surface area contributed by atoms with E-state index in [1.807, 2.05) is 12.1 Å². The van der Waals surface area contributed by atoms with Gasteiger partial charge in [0.25, 0.3) is 11.8 Å². The smallest absolute Gasteiger partial charge is 0.408 e. The van der Waals surface area contributed by atoms with Crippen LogP contribution in [-0.2, 0) is 23.9 Å². The molecule has 0 bridgehead atoms. The molecule has 2 aliphatic rings. The van der Waals surface area contributed by atoms with Crippen LogP contribution in [0.15, 0.2) is 114 Å². The van der Waals surface area contributed by atoms with Gasteiger partial charge in [0, 0.05) is 41.5 Å². The Kier molecular flexibility index (Phi) is 13.4. The molecule has 0 aliphatic carbocycles. The zero-order valence-corrected chi connectivity index (χ0v) is 35.7. The number of fused-ring (bicyclic) bond motifs is 1. The minimum Gasteiger partial charge on any atom is -0.465 e. The number of carboxylic acid groups (broad SMARTS) is 1. The number of hydrogen-bond donors (Lipinski definition) is 4. The van der Waals surface area contributed by atoms with Crippen molar-refractivity contribution in [3.05, 3.63) is 120 Å². The Bertz CT molecular complexity index is 2450. The highest BCUT2D eigenvalue weighted by molar-refractivity contribution is 6.01. The van der Waals surface area contributed by atoms with Crippen LogP contribution in [0.3, 0.4) is 0 Å². The first-order valence-electron chi connectivity index (χ1n) is 21.2.